The standard InChI is InChI=1S/C10H13ClN2O2S2/c1-17(14,15)5-4-16-9-6-8(11)12-10(13-9)7-2-3-7/h6-7H,2-5H2,1H3. The van der Waals surface area contributed by atoms with Crippen molar-refractivity contribution < 1.29 is 8.42 Å². The highest BCUT2D eigenvalue weighted by Crippen LogP contribution is 2.39. The SMILES string of the molecule is CS(=O)(=O)CCSc1cc(Cl)nc(C2CC2)n1. The maximum absolute atomic E-state index is 11.0. The average molecular weight is 293 g/mol. The molecule has 1 aliphatic carbocycles. The van der Waals surface area contributed by atoms with Crippen LogP contribution in [0.3, 0.4) is 0 Å². The Balaban J connectivity index is 2.00. The van der Waals surface area contributed by atoms with Crippen molar-refractivity contribution in [3.63, 3.8) is 0 Å². The van der Waals surface area contributed by atoms with Gasteiger partial charge in [-0.2, -0.15) is 0 Å². The number of sulfone groups is 1. The molecule has 0 N–H and O–H groups in total. The fourth-order valence-electron chi connectivity index (χ4n) is 1.31. The minimum atomic E-state index is -2.92. The van der Waals surface area contributed by atoms with Crippen molar-refractivity contribution in [2.45, 2.75) is 23.8 Å². The Bertz CT molecular complexity index is 515. The lowest BCUT2D eigenvalue weighted by Crippen LogP contribution is -2.05. The minimum absolute atomic E-state index is 0.151. The van der Waals surface area contributed by atoms with Crippen molar-refractivity contribution in [3.8, 4) is 0 Å². The molecule has 4 nitrogen and oxygen atoms in total. The summed E-state index contributed by atoms with van der Waals surface area (Å²) >= 11 is 7.31. The van der Waals surface area contributed by atoms with Crippen molar-refractivity contribution in [1.29, 1.82) is 0 Å². The summed E-state index contributed by atoms with van der Waals surface area (Å²) in [5, 5.41) is 1.19. The maximum Gasteiger partial charge on any atom is 0.148 e. The third-order valence-electron chi connectivity index (χ3n) is 2.34. The molecule has 0 aliphatic heterocycles. The smallest absolute Gasteiger partial charge is 0.148 e. The molecular weight excluding hydrogens is 280 g/mol. The normalized spacial score (nSPS) is 16.1. The summed E-state index contributed by atoms with van der Waals surface area (Å²) in [5.41, 5.74) is 0. The van der Waals surface area contributed by atoms with Crippen LogP contribution in [0.15, 0.2) is 11.1 Å². The summed E-state index contributed by atoms with van der Waals surface area (Å²) in [5.74, 6) is 1.89. The highest BCUT2D eigenvalue weighted by Gasteiger charge is 2.27. The quantitative estimate of drug-likeness (QED) is 0.615. The van der Waals surface area contributed by atoms with E-state index in [1.54, 1.807) is 6.07 Å². The molecule has 0 radical (unpaired) electrons. The van der Waals surface area contributed by atoms with Gasteiger partial charge in [-0.25, -0.2) is 18.4 Å². The van der Waals surface area contributed by atoms with Crippen LogP contribution >= 0.6 is 23.4 Å². The molecule has 0 aromatic carbocycles. The second-order valence-electron chi connectivity index (χ2n) is 4.14. The highest BCUT2D eigenvalue weighted by atomic mass is 35.5. The second-order valence-corrected chi connectivity index (χ2v) is 7.90. The van der Waals surface area contributed by atoms with Gasteiger partial charge >= 0.3 is 0 Å². The Morgan fingerprint density at radius 1 is 1.47 bits per heavy atom. The summed E-state index contributed by atoms with van der Waals surface area (Å²) < 4.78 is 22.0. The van der Waals surface area contributed by atoms with E-state index >= 15 is 0 Å². The second kappa shape index (κ2) is 5.12. The van der Waals surface area contributed by atoms with Crippen LogP contribution in [0.1, 0.15) is 24.6 Å². The Hall–Kier alpha value is -0.330. The number of rotatable bonds is 5. The average Bonchev–Trinajstić information content (AvgIpc) is 2.97. The Kier molecular flexibility index (Phi) is 3.95. The molecule has 7 heteroatoms. The van der Waals surface area contributed by atoms with Crippen molar-refractivity contribution in [1.82, 2.24) is 9.97 Å². The molecule has 0 atom stereocenters. The van der Waals surface area contributed by atoms with E-state index in [1.807, 2.05) is 0 Å². The van der Waals surface area contributed by atoms with Gasteiger partial charge in [0.15, 0.2) is 0 Å². The van der Waals surface area contributed by atoms with Gasteiger partial charge in [-0.15, -0.1) is 11.8 Å². The van der Waals surface area contributed by atoms with Crippen LogP contribution in [0.25, 0.3) is 0 Å². The summed E-state index contributed by atoms with van der Waals surface area (Å²) in [6, 6.07) is 1.68. The number of nitrogens with zero attached hydrogens (tertiary/aromatic N) is 2. The first kappa shape index (κ1) is 13.1. The van der Waals surface area contributed by atoms with E-state index in [9.17, 15) is 8.42 Å². The van der Waals surface area contributed by atoms with Gasteiger partial charge in [0.2, 0.25) is 0 Å². The van der Waals surface area contributed by atoms with Crippen LogP contribution in [0.5, 0.6) is 0 Å². The lowest BCUT2D eigenvalue weighted by atomic mass is 10.4. The molecule has 1 fully saturated rings. The van der Waals surface area contributed by atoms with Gasteiger partial charge in [0.05, 0.1) is 5.75 Å². The van der Waals surface area contributed by atoms with Crippen LogP contribution in [0.2, 0.25) is 5.15 Å². The summed E-state index contributed by atoms with van der Waals surface area (Å²) in [6.07, 6.45) is 3.47. The van der Waals surface area contributed by atoms with Gasteiger partial charge in [-0.1, -0.05) is 11.6 Å². The van der Waals surface area contributed by atoms with Gasteiger partial charge in [0.1, 0.15) is 25.8 Å². The molecule has 0 bridgehead atoms. The number of aromatic nitrogens is 2. The molecule has 1 aliphatic rings. The van der Waals surface area contributed by atoms with Crippen molar-refractivity contribution in [2.75, 3.05) is 17.8 Å². The van der Waals surface area contributed by atoms with E-state index in [2.05, 4.69) is 9.97 Å². The van der Waals surface area contributed by atoms with E-state index < -0.39 is 9.84 Å². The number of hydrogen-bond donors (Lipinski definition) is 0. The first-order chi connectivity index (χ1) is 7.94. The molecule has 2 rings (SSSR count). The molecule has 1 aromatic rings. The molecule has 1 saturated carbocycles. The van der Waals surface area contributed by atoms with Crippen LogP contribution < -0.4 is 0 Å². The predicted molar refractivity (Wildman–Crippen MR) is 69.5 cm³/mol. The number of hydrogen-bond acceptors (Lipinski definition) is 5. The Labute approximate surface area is 110 Å². The van der Waals surface area contributed by atoms with Gasteiger partial charge in [0.25, 0.3) is 0 Å². The topological polar surface area (TPSA) is 59.9 Å². The summed E-state index contributed by atoms with van der Waals surface area (Å²) in [6.45, 7) is 0. The Morgan fingerprint density at radius 2 is 2.18 bits per heavy atom. The monoisotopic (exact) mass is 292 g/mol. The van der Waals surface area contributed by atoms with Crippen LogP contribution in [-0.4, -0.2) is 36.1 Å². The van der Waals surface area contributed by atoms with Crippen LogP contribution in [0, 0.1) is 0 Å². The molecule has 0 saturated heterocycles. The lowest BCUT2D eigenvalue weighted by Gasteiger charge is -2.03. The fourth-order valence-corrected chi connectivity index (χ4v) is 3.67. The minimum Gasteiger partial charge on any atom is -0.229 e. The van der Waals surface area contributed by atoms with E-state index in [0.29, 0.717) is 16.8 Å². The van der Waals surface area contributed by atoms with E-state index in [1.165, 1.54) is 18.0 Å². The van der Waals surface area contributed by atoms with Gasteiger partial charge in [-0.3, -0.25) is 0 Å². The lowest BCUT2D eigenvalue weighted by molar-refractivity contribution is 0.603. The molecule has 17 heavy (non-hydrogen) atoms. The van der Waals surface area contributed by atoms with Crippen LogP contribution in [0.4, 0.5) is 0 Å². The van der Waals surface area contributed by atoms with E-state index in [-0.39, 0.29) is 5.75 Å². The zero-order valence-electron chi connectivity index (χ0n) is 9.39. The van der Waals surface area contributed by atoms with Crippen molar-refractivity contribution in [2.24, 2.45) is 0 Å². The number of halogens is 1. The zero-order chi connectivity index (χ0) is 12.5. The van der Waals surface area contributed by atoms with E-state index in [0.717, 1.165) is 23.7 Å². The summed E-state index contributed by atoms with van der Waals surface area (Å²) in [4.78, 5) is 8.56. The molecule has 1 heterocycles. The fraction of sp³-hybridized carbons (Fsp3) is 0.600. The third kappa shape index (κ3) is 4.44. The molecular formula is C10H13ClN2O2S2. The largest absolute Gasteiger partial charge is 0.229 e. The molecule has 0 amide bonds. The van der Waals surface area contributed by atoms with Gasteiger partial charge in [-0.05, 0) is 12.8 Å². The molecule has 0 spiro atoms. The predicted octanol–water partition coefficient (Wildman–Crippen LogP) is 2.14. The van der Waals surface area contributed by atoms with Gasteiger partial charge in [0, 0.05) is 24.0 Å². The highest BCUT2D eigenvalue weighted by molar-refractivity contribution is 8.00. The van der Waals surface area contributed by atoms with Crippen molar-refractivity contribution >= 4 is 33.2 Å². The molecule has 0 unspecified atom stereocenters. The van der Waals surface area contributed by atoms with E-state index in [4.69, 9.17) is 11.6 Å². The number of thioether (sulfide) groups is 1. The first-order valence-corrected chi connectivity index (χ1v) is 8.71. The van der Waals surface area contributed by atoms with Crippen molar-refractivity contribution in [3.05, 3.63) is 17.0 Å². The van der Waals surface area contributed by atoms with Crippen LogP contribution in [-0.2, 0) is 9.84 Å². The first-order valence-electron chi connectivity index (χ1n) is 5.29. The summed E-state index contributed by atoms with van der Waals surface area (Å²) in [7, 11) is -2.92. The third-order valence-corrected chi connectivity index (χ3v) is 4.65. The Morgan fingerprint density at radius 3 is 2.76 bits per heavy atom. The zero-order valence-corrected chi connectivity index (χ0v) is 11.8. The molecule has 94 valence electrons. The maximum atomic E-state index is 11.0. The van der Waals surface area contributed by atoms with Gasteiger partial charge < -0.3 is 0 Å². The molecule has 1 aromatic heterocycles.